The Morgan fingerprint density at radius 1 is 1.11 bits per heavy atom. The van der Waals surface area contributed by atoms with Crippen molar-refractivity contribution >= 4 is 17.7 Å². The van der Waals surface area contributed by atoms with E-state index in [0.29, 0.717) is 11.3 Å². The summed E-state index contributed by atoms with van der Waals surface area (Å²) in [6.07, 6.45) is 0.0663. The van der Waals surface area contributed by atoms with E-state index in [0.717, 1.165) is 16.3 Å². The first kappa shape index (κ1) is 19.8. The van der Waals surface area contributed by atoms with Gasteiger partial charge in [0.2, 0.25) is 5.91 Å². The highest BCUT2D eigenvalue weighted by Crippen LogP contribution is 2.28. The summed E-state index contributed by atoms with van der Waals surface area (Å²) in [6.45, 7) is -1.02. The van der Waals surface area contributed by atoms with Crippen LogP contribution in [0.15, 0.2) is 54.1 Å². The summed E-state index contributed by atoms with van der Waals surface area (Å²) in [4.78, 5) is 19.9. The highest BCUT2D eigenvalue weighted by atomic mass is 32.2. The number of hydrogen-bond donors (Lipinski definition) is 1. The van der Waals surface area contributed by atoms with Crippen LogP contribution in [0.2, 0.25) is 0 Å². The third kappa shape index (κ3) is 5.52. The van der Waals surface area contributed by atoms with E-state index >= 15 is 0 Å². The molecule has 0 unspecified atom stereocenters. The molecule has 0 saturated carbocycles. The monoisotopic (exact) mass is 408 g/mol. The van der Waals surface area contributed by atoms with Crippen LogP contribution in [-0.2, 0) is 17.9 Å². The molecule has 0 saturated heterocycles. The van der Waals surface area contributed by atoms with Crippen molar-refractivity contribution in [2.24, 2.45) is 0 Å². The molecule has 146 valence electrons. The Kier molecular flexibility index (Phi) is 6.24. The van der Waals surface area contributed by atoms with Crippen molar-refractivity contribution in [3.8, 4) is 11.4 Å². The Balaban J connectivity index is 1.69. The number of carbonyl (C=O) groups excluding carboxylic acids is 1. The number of pyridine rings is 2. The fourth-order valence-electron chi connectivity index (χ4n) is 2.30. The predicted octanol–water partition coefficient (Wildman–Crippen LogP) is 2.71. The molecule has 0 aliphatic rings. The number of alkyl halides is 3. The summed E-state index contributed by atoms with van der Waals surface area (Å²) in [5.74, 6) is -0.377. The molecule has 0 atom stereocenters. The van der Waals surface area contributed by atoms with E-state index in [1.807, 2.05) is 0 Å². The van der Waals surface area contributed by atoms with E-state index in [1.165, 1.54) is 12.4 Å². The van der Waals surface area contributed by atoms with Gasteiger partial charge in [0.15, 0.2) is 11.0 Å². The summed E-state index contributed by atoms with van der Waals surface area (Å²) in [7, 11) is 0. The van der Waals surface area contributed by atoms with Gasteiger partial charge in [0.05, 0.1) is 18.0 Å². The molecule has 7 nitrogen and oxygen atoms in total. The van der Waals surface area contributed by atoms with E-state index < -0.39 is 12.7 Å². The molecule has 1 amide bonds. The molecule has 3 rings (SSSR count). The Morgan fingerprint density at radius 3 is 2.57 bits per heavy atom. The Labute approximate surface area is 162 Å². The number of rotatable bonds is 7. The molecule has 3 heterocycles. The Morgan fingerprint density at radius 2 is 1.89 bits per heavy atom. The summed E-state index contributed by atoms with van der Waals surface area (Å²) < 4.78 is 40.0. The smallest absolute Gasteiger partial charge is 0.350 e. The zero-order valence-corrected chi connectivity index (χ0v) is 15.2. The number of halogens is 3. The zero-order valence-electron chi connectivity index (χ0n) is 14.4. The largest absolute Gasteiger partial charge is 0.406 e. The average molecular weight is 408 g/mol. The lowest BCUT2D eigenvalue weighted by Gasteiger charge is -2.12. The Hall–Kier alpha value is -2.95. The molecule has 0 radical (unpaired) electrons. The lowest BCUT2D eigenvalue weighted by atomic mass is 10.2. The SMILES string of the molecule is O=C(CSc1nnc(-c2ccncc2)n1CC(F)(F)F)NCc1ccccn1. The quantitative estimate of drug-likeness (QED) is 0.605. The fraction of sp³-hybridized carbons (Fsp3) is 0.235. The van der Waals surface area contributed by atoms with Gasteiger partial charge in [0, 0.05) is 24.2 Å². The molecule has 0 bridgehead atoms. The number of amides is 1. The van der Waals surface area contributed by atoms with Crippen LogP contribution >= 0.6 is 11.8 Å². The average Bonchev–Trinajstić information content (AvgIpc) is 3.07. The second-order valence-corrected chi connectivity index (χ2v) is 6.57. The van der Waals surface area contributed by atoms with Gasteiger partial charge in [-0.2, -0.15) is 13.2 Å². The van der Waals surface area contributed by atoms with Crippen LogP contribution in [0.5, 0.6) is 0 Å². The molecule has 0 aliphatic heterocycles. The maximum atomic E-state index is 13.0. The molecule has 0 spiro atoms. The van der Waals surface area contributed by atoms with Gasteiger partial charge in [-0.1, -0.05) is 17.8 Å². The van der Waals surface area contributed by atoms with Crippen LogP contribution in [-0.4, -0.2) is 42.6 Å². The van der Waals surface area contributed by atoms with E-state index in [9.17, 15) is 18.0 Å². The van der Waals surface area contributed by atoms with Gasteiger partial charge in [-0.05, 0) is 24.3 Å². The lowest BCUT2D eigenvalue weighted by Crippen LogP contribution is -2.25. The molecule has 0 fully saturated rings. The standard InChI is InChI=1S/C17H15F3N6OS/c18-17(19,20)11-26-15(12-4-7-21-8-5-12)24-25-16(26)28-10-14(27)23-9-13-3-1-2-6-22-13/h1-8H,9-11H2,(H,23,27). The normalized spacial score (nSPS) is 11.4. The minimum absolute atomic E-state index is 0.0112. The summed E-state index contributed by atoms with van der Waals surface area (Å²) in [5, 5.41) is 10.4. The van der Waals surface area contributed by atoms with Gasteiger partial charge < -0.3 is 5.32 Å². The molecule has 0 aliphatic carbocycles. The fourth-order valence-corrected chi connectivity index (χ4v) is 3.07. The third-order valence-corrected chi connectivity index (χ3v) is 4.48. The van der Waals surface area contributed by atoms with Gasteiger partial charge in [-0.25, -0.2) is 0 Å². The summed E-state index contributed by atoms with van der Waals surface area (Å²) >= 11 is 0.888. The van der Waals surface area contributed by atoms with E-state index in [1.54, 1.807) is 36.5 Å². The molecule has 11 heteroatoms. The number of nitrogens with one attached hydrogen (secondary N) is 1. The van der Waals surface area contributed by atoms with Gasteiger partial charge in [-0.15, -0.1) is 10.2 Å². The third-order valence-electron chi connectivity index (χ3n) is 3.52. The molecular weight excluding hydrogens is 393 g/mol. The first-order valence-electron chi connectivity index (χ1n) is 8.12. The van der Waals surface area contributed by atoms with Crippen molar-refractivity contribution in [1.29, 1.82) is 0 Å². The van der Waals surface area contributed by atoms with Gasteiger partial charge >= 0.3 is 6.18 Å². The number of carbonyl (C=O) groups is 1. The number of hydrogen-bond acceptors (Lipinski definition) is 6. The second-order valence-electron chi connectivity index (χ2n) is 5.63. The van der Waals surface area contributed by atoms with Crippen molar-refractivity contribution in [3.63, 3.8) is 0 Å². The van der Waals surface area contributed by atoms with Crippen molar-refractivity contribution in [2.75, 3.05) is 5.75 Å². The van der Waals surface area contributed by atoms with E-state index in [2.05, 4.69) is 25.5 Å². The van der Waals surface area contributed by atoms with Crippen LogP contribution in [0, 0.1) is 0 Å². The van der Waals surface area contributed by atoms with Crippen LogP contribution in [0.1, 0.15) is 5.69 Å². The second kappa shape index (κ2) is 8.83. The summed E-state index contributed by atoms with van der Waals surface area (Å²) in [5.41, 5.74) is 1.14. The highest BCUT2D eigenvalue weighted by Gasteiger charge is 2.31. The molecular formula is C17H15F3N6OS. The van der Waals surface area contributed by atoms with E-state index in [-0.39, 0.29) is 29.2 Å². The van der Waals surface area contributed by atoms with Gasteiger partial charge in [0.1, 0.15) is 6.54 Å². The maximum absolute atomic E-state index is 13.0. The van der Waals surface area contributed by atoms with E-state index in [4.69, 9.17) is 0 Å². The van der Waals surface area contributed by atoms with Crippen molar-refractivity contribution < 1.29 is 18.0 Å². The van der Waals surface area contributed by atoms with Gasteiger partial charge in [-0.3, -0.25) is 19.3 Å². The minimum atomic E-state index is -4.46. The van der Waals surface area contributed by atoms with Crippen molar-refractivity contribution in [1.82, 2.24) is 30.0 Å². The lowest BCUT2D eigenvalue weighted by molar-refractivity contribution is -0.141. The van der Waals surface area contributed by atoms with Crippen LogP contribution in [0.25, 0.3) is 11.4 Å². The van der Waals surface area contributed by atoms with Crippen molar-refractivity contribution in [3.05, 3.63) is 54.6 Å². The van der Waals surface area contributed by atoms with Crippen LogP contribution in [0.3, 0.4) is 0 Å². The molecule has 0 aromatic carbocycles. The zero-order chi connectivity index (χ0) is 20.0. The maximum Gasteiger partial charge on any atom is 0.406 e. The molecule has 3 aromatic rings. The Bertz CT molecular complexity index is 918. The highest BCUT2D eigenvalue weighted by molar-refractivity contribution is 7.99. The van der Waals surface area contributed by atoms with Crippen molar-refractivity contribution in [2.45, 2.75) is 24.4 Å². The predicted molar refractivity (Wildman–Crippen MR) is 96.1 cm³/mol. The molecule has 3 aromatic heterocycles. The first-order valence-corrected chi connectivity index (χ1v) is 9.11. The topological polar surface area (TPSA) is 85.6 Å². The molecule has 1 N–H and O–H groups in total. The molecule has 28 heavy (non-hydrogen) atoms. The van der Waals surface area contributed by atoms with Crippen LogP contribution in [0.4, 0.5) is 13.2 Å². The first-order chi connectivity index (χ1) is 13.4. The number of nitrogens with zero attached hydrogens (tertiary/aromatic N) is 5. The number of thioether (sulfide) groups is 1. The number of aromatic nitrogens is 5. The summed E-state index contributed by atoms with van der Waals surface area (Å²) in [6, 6.07) is 8.41. The minimum Gasteiger partial charge on any atom is -0.350 e. The van der Waals surface area contributed by atoms with Crippen LogP contribution < -0.4 is 5.32 Å². The van der Waals surface area contributed by atoms with Gasteiger partial charge in [0.25, 0.3) is 0 Å².